The number of rotatable bonds is 1. The van der Waals surface area contributed by atoms with E-state index in [4.69, 9.17) is 5.26 Å². The molecule has 0 aliphatic carbocycles. The molecular formula is C9H6BrN. The van der Waals surface area contributed by atoms with E-state index < -0.39 is 0 Å². The molecule has 0 aromatic heterocycles. The average Bonchev–Trinajstić information content (AvgIpc) is 2.05. The maximum absolute atomic E-state index is 8.50. The van der Waals surface area contributed by atoms with Gasteiger partial charge in [0, 0.05) is 4.47 Å². The molecule has 0 amide bonds. The van der Waals surface area contributed by atoms with Crippen LogP contribution >= 0.6 is 15.9 Å². The van der Waals surface area contributed by atoms with E-state index in [0.29, 0.717) is 5.57 Å². The van der Waals surface area contributed by atoms with Crippen LogP contribution in [0.4, 0.5) is 0 Å². The summed E-state index contributed by atoms with van der Waals surface area (Å²) in [7, 11) is 0. The Bertz CT molecular complexity index is 305. The van der Waals surface area contributed by atoms with Crippen molar-refractivity contribution < 1.29 is 0 Å². The van der Waals surface area contributed by atoms with Crippen LogP contribution in [0.2, 0.25) is 0 Å². The summed E-state index contributed by atoms with van der Waals surface area (Å²) in [5.41, 5.74) is 1.37. The number of hydrogen-bond donors (Lipinski definition) is 0. The molecule has 2 heteroatoms. The Morgan fingerprint density at radius 2 is 1.91 bits per heavy atom. The van der Waals surface area contributed by atoms with Gasteiger partial charge in [-0.25, -0.2) is 0 Å². The number of nitrogens with zero attached hydrogens (tertiary/aromatic N) is 1. The van der Waals surface area contributed by atoms with E-state index in [1.54, 1.807) is 0 Å². The Morgan fingerprint density at radius 3 is 2.36 bits per heavy atom. The molecule has 1 aromatic carbocycles. The zero-order chi connectivity index (χ0) is 8.27. The quantitative estimate of drug-likeness (QED) is 0.650. The molecule has 0 heterocycles. The Balaban J connectivity index is 3.01. The fourth-order valence-electron chi connectivity index (χ4n) is 0.716. The first kappa shape index (κ1) is 8.03. The molecule has 54 valence electrons. The molecule has 11 heavy (non-hydrogen) atoms. The normalized spacial score (nSPS) is 8.73. The summed E-state index contributed by atoms with van der Waals surface area (Å²) in [4.78, 5) is 0. The van der Waals surface area contributed by atoms with Crippen molar-refractivity contribution in [3.8, 4) is 6.07 Å². The maximum atomic E-state index is 8.50. The van der Waals surface area contributed by atoms with Crippen molar-refractivity contribution in [2.24, 2.45) is 0 Å². The smallest absolute Gasteiger partial charge is 0.0991 e. The summed E-state index contributed by atoms with van der Waals surface area (Å²) in [5, 5.41) is 8.50. The summed E-state index contributed by atoms with van der Waals surface area (Å²) >= 11 is 3.30. The SMILES string of the molecule is C=C(C#N)c1ccc(Br)cc1. The van der Waals surface area contributed by atoms with Gasteiger partial charge in [-0.2, -0.15) is 5.26 Å². The first-order chi connectivity index (χ1) is 5.24. The van der Waals surface area contributed by atoms with Crippen LogP contribution in [0.3, 0.4) is 0 Å². The van der Waals surface area contributed by atoms with E-state index >= 15 is 0 Å². The molecule has 0 spiro atoms. The van der Waals surface area contributed by atoms with Crippen molar-refractivity contribution in [2.45, 2.75) is 0 Å². The number of benzene rings is 1. The van der Waals surface area contributed by atoms with Gasteiger partial charge in [-0.1, -0.05) is 34.6 Å². The summed E-state index contributed by atoms with van der Waals surface area (Å²) in [6.07, 6.45) is 0. The van der Waals surface area contributed by atoms with Crippen molar-refractivity contribution in [1.82, 2.24) is 0 Å². The van der Waals surface area contributed by atoms with E-state index in [1.165, 1.54) is 0 Å². The summed E-state index contributed by atoms with van der Waals surface area (Å²) in [6, 6.07) is 9.48. The highest BCUT2D eigenvalue weighted by atomic mass is 79.9. The molecule has 0 aliphatic heterocycles. The molecule has 0 unspecified atom stereocenters. The molecule has 1 aromatic rings. The van der Waals surface area contributed by atoms with Crippen LogP contribution in [0.1, 0.15) is 5.56 Å². The molecule has 1 rings (SSSR count). The predicted octanol–water partition coefficient (Wildman–Crippen LogP) is 2.99. The lowest BCUT2D eigenvalue weighted by atomic mass is 10.1. The third-order valence-electron chi connectivity index (χ3n) is 1.33. The minimum Gasteiger partial charge on any atom is -0.192 e. The van der Waals surface area contributed by atoms with Gasteiger partial charge in [-0.3, -0.25) is 0 Å². The lowest BCUT2D eigenvalue weighted by Gasteiger charge is -1.95. The van der Waals surface area contributed by atoms with Gasteiger partial charge in [0.15, 0.2) is 0 Å². The van der Waals surface area contributed by atoms with Gasteiger partial charge in [-0.15, -0.1) is 0 Å². The highest BCUT2D eigenvalue weighted by Gasteiger charge is 1.94. The predicted molar refractivity (Wildman–Crippen MR) is 48.8 cm³/mol. The third-order valence-corrected chi connectivity index (χ3v) is 1.86. The summed E-state index contributed by atoms with van der Waals surface area (Å²) < 4.78 is 1.01. The average molecular weight is 208 g/mol. The lowest BCUT2D eigenvalue weighted by molar-refractivity contribution is 1.52. The fourth-order valence-corrected chi connectivity index (χ4v) is 0.980. The fraction of sp³-hybridized carbons (Fsp3) is 0. The lowest BCUT2D eigenvalue weighted by Crippen LogP contribution is -1.76. The van der Waals surface area contributed by atoms with E-state index in [2.05, 4.69) is 22.5 Å². The van der Waals surface area contributed by atoms with Crippen molar-refractivity contribution in [3.05, 3.63) is 40.9 Å². The first-order valence-corrected chi connectivity index (χ1v) is 3.88. The van der Waals surface area contributed by atoms with Gasteiger partial charge >= 0.3 is 0 Å². The van der Waals surface area contributed by atoms with Crippen molar-refractivity contribution in [1.29, 1.82) is 5.26 Å². The van der Waals surface area contributed by atoms with E-state index in [1.807, 2.05) is 30.3 Å². The highest BCUT2D eigenvalue weighted by molar-refractivity contribution is 9.10. The minimum atomic E-state index is 0.498. The molecule has 0 bridgehead atoms. The second-order valence-corrected chi connectivity index (χ2v) is 3.01. The second kappa shape index (κ2) is 3.36. The van der Waals surface area contributed by atoms with Gasteiger partial charge < -0.3 is 0 Å². The number of hydrogen-bond acceptors (Lipinski definition) is 1. The molecule has 0 atom stereocenters. The third kappa shape index (κ3) is 1.92. The topological polar surface area (TPSA) is 23.8 Å². The van der Waals surface area contributed by atoms with Gasteiger partial charge in [0.1, 0.15) is 0 Å². The van der Waals surface area contributed by atoms with Crippen molar-refractivity contribution in [2.75, 3.05) is 0 Å². The number of allylic oxidation sites excluding steroid dienone is 1. The molecular weight excluding hydrogens is 202 g/mol. The Morgan fingerprint density at radius 1 is 1.36 bits per heavy atom. The van der Waals surface area contributed by atoms with Crippen LogP contribution in [-0.4, -0.2) is 0 Å². The van der Waals surface area contributed by atoms with Crippen LogP contribution in [0.25, 0.3) is 5.57 Å². The molecule has 0 N–H and O–H groups in total. The molecule has 1 nitrogen and oxygen atoms in total. The zero-order valence-electron chi connectivity index (χ0n) is 5.84. The van der Waals surface area contributed by atoms with E-state index in [0.717, 1.165) is 10.0 Å². The van der Waals surface area contributed by atoms with Crippen LogP contribution < -0.4 is 0 Å². The first-order valence-electron chi connectivity index (χ1n) is 3.09. The second-order valence-electron chi connectivity index (χ2n) is 2.10. The van der Waals surface area contributed by atoms with Crippen LogP contribution in [0, 0.1) is 11.3 Å². The Labute approximate surface area is 74.1 Å². The number of halogens is 1. The molecule has 0 radical (unpaired) electrons. The minimum absolute atomic E-state index is 0.498. The van der Waals surface area contributed by atoms with Crippen LogP contribution in [-0.2, 0) is 0 Å². The van der Waals surface area contributed by atoms with Crippen molar-refractivity contribution in [3.63, 3.8) is 0 Å². The highest BCUT2D eigenvalue weighted by Crippen LogP contribution is 2.15. The van der Waals surface area contributed by atoms with Crippen molar-refractivity contribution >= 4 is 21.5 Å². The standard InChI is InChI=1S/C9H6BrN/c1-7(6-11)8-2-4-9(10)5-3-8/h2-5H,1H2. The molecule has 0 aliphatic rings. The molecule has 0 saturated carbocycles. The largest absolute Gasteiger partial charge is 0.192 e. The molecule has 0 fully saturated rings. The van der Waals surface area contributed by atoms with Gasteiger partial charge in [0.25, 0.3) is 0 Å². The van der Waals surface area contributed by atoms with Gasteiger partial charge in [0.05, 0.1) is 11.6 Å². The van der Waals surface area contributed by atoms with E-state index in [-0.39, 0.29) is 0 Å². The zero-order valence-corrected chi connectivity index (χ0v) is 7.43. The Hall–Kier alpha value is -1.07. The number of nitriles is 1. The van der Waals surface area contributed by atoms with Gasteiger partial charge in [0.2, 0.25) is 0 Å². The Kier molecular flexibility index (Phi) is 2.45. The van der Waals surface area contributed by atoms with Crippen LogP contribution in [0.5, 0.6) is 0 Å². The maximum Gasteiger partial charge on any atom is 0.0991 e. The van der Waals surface area contributed by atoms with Crippen LogP contribution in [0.15, 0.2) is 35.3 Å². The summed E-state index contributed by atoms with van der Waals surface area (Å²) in [5.74, 6) is 0. The monoisotopic (exact) mass is 207 g/mol. The molecule has 0 saturated heterocycles. The summed E-state index contributed by atoms with van der Waals surface area (Å²) in [6.45, 7) is 3.60. The van der Waals surface area contributed by atoms with Gasteiger partial charge in [-0.05, 0) is 17.7 Å². The van der Waals surface area contributed by atoms with E-state index in [9.17, 15) is 0 Å².